The largest absolute Gasteiger partial charge is 0.507 e. The summed E-state index contributed by atoms with van der Waals surface area (Å²) >= 11 is 3.49. The van der Waals surface area contributed by atoms with Crippen molar-refractivity contribution in [2.24, 2.45) is 0 Å². The van der Waals surface area contributed by atoms with E-state index < -0.39 is 0 Å². The van der Waals surface area contributed by atoms with Crippen LogP contribution in [0.25, 0.3) is 11.4 Å². The number of thioether (sulfide) groups is 2. The van der Waals surface area contributed by atoms with Gasteiger partial charge in [-0.1, -0.05) is 102 Å². The minimum absolute atomic E-state index is 0.350. The minimum Gasteiger partial charge on any atom is -0.507 e. The maximum Gasteiger partial charge on any atom is 0.192 e. The number of aromatic nitrogens is 3. The van der Waals surface area contributed by atoms with Crippen molar-refractivity contribution in [3.05, 3.63) is 23.3 Å². The van der Waals surface area contributed by atoms with Crippen molar-refractivity contribution >= 4 is 23.5 Å². The molecular weight excluding hydrogens is 446 g/mol. The molecule has 2 aromatic rings. The Balaban J connectivity index is 2.02. The van der Waals surface area contributed by atoms with Crippen LogP contribution < -0.4 is 0 Å². The molecule has 0 bridgehead atoms. The summed E-state index contributed by atoms with van der Waals surface area (Å²) in [5.74, 6) is 3.16. The lowest BCUT2D eigenvalue weighted by atomic mass is 10.1. The van der Waals surface area contributed by atoms with Crippen LogP contribution in [0.3, 0.4) is 0 Å². The molecule has 0 aliphatic heterocycles. The number of benzene rings is 1. The smallest absolute Gasteiger partial charge is 0.192 e. The highest BCUT2D eigenvalue weighted by atomic mass is 32.2. The molecule has 0 aliphatic carbocycles. The highest BCUT2D eigenvalue weighted by Gasteiger charge is 2.12. The third kappa shape index (κ3) is 10.7. The maximum absolute atomic E-state index is 10.2. The molecule has 0 radical (unpaired) electrons. The highest BCUT2D eigenvalue weighted by Crippen LogP contribution is 2.30. The molecule has 1 aromatic heterocycles. The van der Waals surface area contributed by atoms with Gasteiger partial charge in [0.1, 0.15) is 5.75 Å². The van der Waals surface area contributed by atoms with Crippen LogP contribution in [0.4, 0.5) is 0 Å². The quantitative estimate of drug-likeness (QED) is 0.177. The molecule has 1 heterocycles. The van der Waals surface area contributed by atoms with Gasteiger partial charge in [0, 0.05) is 17.1 Å². The number of aryl methyl sites for hydroxylation is 2. The number of unbranched alkanes of at least 4 members (excludes halogenated alkanes) is 10. The van der Waals surface area contributed by atoms with Crippen LogP contribution in [0.2, 0.25) is 0 Å². The summed E-state index contributed by atoms with van der Waals surface area (Å²) in [6, 6.07) is 3.95. The van der Waals surface area contributed by atoms with Gasteiger partial charge in [-0.3, -0.25) is 0 Å². The molecule has 184 valence electrons. The molecule has 1 N–H and O–H groups in total. The Morgan fingerprint density at radius 3 is 1.52 bits per heavy atom. The number of rotatable bonds is 17. The molecule has 0 spiro atoms. The third-order valence-corrected chi connectivity index (χ3v) is 7.67. The van der Waals surface area contributed by atoms with Gasteiger partial charge >= 0.3 is 0 Å². The van der Waals surface area contributed by atoms with E-state index >= 15 is 0 Å². The second-order valence-corrected chi connectivity index (χ2v) is 11.0. The first-order chi connectivity index (χ1) is 16.0. The van der Waals surface area contributed by atoms with E-state index in [9.17, 15) is 5.11 Å². The van der Waals surface area contributed by atoms with Gasteiger partial charge in [-0.05, 0) is 49.9 Å². The van der Waals surface area contributed by atoms with Crippen molar-refractivity contribution in [2.75, 3.05) is 11.5 Å². The van der Waals surface area contributed by atoms with Crippen LogP contribution in [-0.4, -0.2) is 31.6 Å². The summed E-state index contributed by atoms with van der Waals surface area (Å²) in [6.07, 6.45) is 15.6. The molecule has 2 rings (SSSR count). The van der Waals surface area contributed by atoms with Crippen LogP contribution in [0.15, 0.2) is 22.4 Å². The number of hydrogen-bond acceptors (Lipinski definition) is 6. The predicted molar refractivity (Wildman–Crippen MR) is 145 cm³/mol. The van der Waals surface area contributed by atoms with E-state index in [1.54, 1.807) is 23.5 Å². The summed E-state index contributed by atoms with van der Waals surface area (Å²) in [7, 11) is 0. The molecule has 0 fully saturated rings. The molecule has 0 saturated heterocycles. The van der Waals surface area contributed by atoms with Crippen molar-refractivity contribution in [1.82, 2.24) is 15.0 Å². The Morgan fingerprint density at radius 1 is 0.636 bits per heavy atom. The first-order valence-corrected chi connectivity index (χ1v) is 14.8. The predicted octanol–water partition coefficient (Wildman–Crippen LogP) is 8.77. The molecule has 0 saturated carbocycles. The van der Waals surface area contributed by atoms with E-state index in [-0.39, 0.29) is 0 Å². The van der Waals surface area contributed by atoms with Crippen LogP contribution >= 0.6 is 23.5 Å². The topological polar surface area (TPSA) is 58.9 Å². The summed E-state index contributed by atoms with van der Waals surface area (Å²) < 4.78 is 0. The molecule has 0 unspecified atom stereocenters. The number of phenols is 1. The fourth-order valence-electron chi connectivity index (χ4n) is 3.77. The summed E-state index contributed by atoms with van der Waals surface area (Å²) in [5.41, 5.74) is 2.66. The molecular formula is C27H43N3OS2. The van der Waals surface area contributed by atoms with Crippen molar-refractivity contribution < 1.29 is 5.11 Å². The Hall–Kier alpha value is -1.27. The third-order valence-electron chi connectivity index (χ3n) is 5.80. The van der Waals surface area contributed by atoms with E-state index in [1.807, 2.05) is 26.0 Å². The minimum atomic E-state index is 0.350. The van der Waals surface area contributed by atoms with Gasteiger partial charge < -0.3 is 5.11 Å². The molecule has 6 heteroatoms. The Bertz CT molecular complexity index is 770. The second-order valence-electron chi connectivity index (χ2n) is 8.92. The van der Waals surface area contributed by atoms with Gasteiger partial charge in [-0.15, -0.1) is 0 Å². The monoisotopic (exact) mass is 489 g/mol. The molecule has 0 atom stereocenters. The molecule has 1 aromatic carbocycles. The number of hydrogen-bond donors (Lipinski definition) is 1. The van der Waals surface area contributed by atoms with Gasteiger partial charge in [-0.2, -0.15) is 4.98 Å². The van der Waals surface area contributed by atoms with Gasteiger partial charge in [0.15, 0.2) is 16.1 Å². The van der Waals surface area contributed by atoms with E-state index in [0.29, 0.717) is 11.6 Å². The summed E-state index contributed by atoms with van der Waals surface area (Å²) in [4.78, 5) is 14.3. The number of aromatic hydroxyl groups is 1. The van der Waals surface area contributed by atoms with Gasteiger partial charge in [0.2, 0.25) is 0 Å². The Morgan fingerprint density at radius 2 is 1.06 bits per heavy atom. The molecule has 0 amide bonds. The lowest BCUT2D eigenvalue weighted by molar-refractivity contribution is 0.467. The van der Waals surface area contributed by atoms with Crippen molar-refractivity contribution in [1.29, 1.82) is 0 Å². The SMILES string of the molecule is CCCCCCCCSc1nc(SCCCCCCCC)nc(-c2cc(C)c(O)c(C)c2)n1. The van der Waals surface area contributed by atoms with Crippen LogP contribution in [0.1, 0.15) is 102 Å². The Kier molecular flexibility index (Phi) is 13.9. The van der Waals surface area contributed by atoms with Crippen LogP contribution in [0.5, 0.6) is 5.75 Å². The van der Waals surface area contributed by atoms with E-state index in [4.69, 9.17) is 15.0 Å². The fraction of sp³-hybridized carbons (Fsp3) is 0.667. The van der Waals surface area contributed by atoms with E-state index in [0.717, 1.165) is 38.5 Å². The maximum atomic E-state index is 10.2. The van der Waals surface area contributed by atoms with Gasteiger partial charge in [0.05, 0.1) is 0 Å². The van der Waals surface area contributed by atoms with Crippen LogP contribution in [-0.2, 0) is 0 Å². The zero-order chi connectivity index (χ0) is 23.9. The van der Waals surface area contributed by atoms with Crippen molar-refractivity contribution in [3.8, 4) is 17.1 Å². The first kappa shape index (κ1) is 28.0. The normalized spacial score (nSPS) is 11.3. The number of nitrogens with zero attached hydrogens (tertiary/aromatic N) is 3. The lowest BCUT2D eigenvalue weighted by Crippen LogP contribution is -2.00. The van der Waals surface area contributed by atoms with E-state index in [2.05, 4.69) is 13.8 Å². The first-order valence-electron chi connectivity index (χ1n) is 12.9. The summed E-state index contributed by atoms with van der Waals surface area (Å²) in [5, 5.41) is 11.8. The van der Waals surface area contributed by atoms with E-state index in [1.165, 1.54) is 77.0 Å². The van der Waals surface area contributed by atoms with Crippen LogP contribution in [0, 0.1) is 13.8 Å². The highest BCUT2D eigenvalue weighted by molar-refractivity contribution is 7.99. The molecule has 33 heavy (non-hydrogen) atoms. The van der Waals surface area contributed by atoms with Gasteiger partial charge in [-0.25, -0.2) is 9.97 Å². The lowest BCUT2D eigenvalue weighted by Gasteiger charge is -2.10. The fourth-order valence-corrected chi connectivity index (χ4v) is 5.50. The summed E-state index contributed by atoms with van der Waals surface area (Å²) in [6.45, 7) is 8.37. The second kappa shape index (κ2) is 16.4. The Labute approximate surface area is 210 Å². The average Bonchev–Trinajstić information content (AvgIpc) is 2.81. The zero-order valence-corrected chi connectivity index (χ0v) is 22.8. The molecule has 4 nitrogen and oxygen atoms in total. The zero-order valence-electron chi connectivity index (χ0n) is 21.2. The van der Waals surface area contributed by atoms with Gasteiger partial charge in [0.25, 0.3) is 0 Å². The standard InChI is InChI=1S/C27H43N3OS2/c1-5-7-9-11-13-15-17-32-26-28-25(23-19-21(3)24(31)22(4)20-23)29-27(30-26)33-18-16-14-12-10-8-6-2/h19-20,31H,5-18H2,1-4H3. The average molecular weight is 490 g/mol. The molecule has 0 aliphatic rings. The van der Waals surface area contributed by atoms with Crippen molar-refractivity contribution in [2.45, 2.75) is 115 Å². The van der Waals surface area contributed by atoms with Crippen molar-refractivity contribution in [3.63, 3.8) is 0 Å². The number of phenolic OH excluding ortho intramolecular Hbond substituents is 1.